The minimum atomic E-state index is -3.48. The molecule has 3 N–H and O–H groups in total. The van der Waals surface area contributed by atoms with Gasteiger partial charge in [-0.3, -0.25) is 9.40 Å². The smallest absolute Gasteiger partial charge is 0.237 e. The Morgan fingerprint density at radius 3 is 2.75 bits per heavy atom. The van der Waals surface area contributed by atoms with E-state index in [2.05, 4.69) is 9.82 Å². The molecule has 1 aromatic heterocycles. The lowest BCUT2D eigenvalue weighted by Crippen LogP contribution is -2.14. The molecule has 6 nitrogen and oxygen atoms in total. The number of sulfonamides is 1. The zero-order chi connectivity index (χ0) is 14.8. The Bertz CT molecular complexity index is 692. The van der Waals surface area contributed by atoms with Gasteiger partial charge in [0, 0.05) is 17.9 Å². The van der Waals surface area contributed by atoms with Gasteiger partial charge in [0.15, 0.2) is 0 Å². The summed E-state index contributed by atoms with van der Waals surface area (Å²) in [6.45, 7) is 3.94. The van der Waals surface area contributed by atoms with E-state index in [9.17, 15) is 8.42 Å². The predicted octanol–water partition coefficient (Wildman–Crippen LogP) is 1.99. The molecule has 0 radical (unpaired) electrons. The van der Waals surface area contributed by atoms with Crippen LogP contribution in [0, 0.1) is 0 Å². The summed E-state index contributed by atoms with van der Waals surface area (Å²) in [5, 5.41) is 4.09. The van der Waals surface area contributed by atoms with Gasteiger partial charge in [-0.05, 0) is 31.5 Å². The Kier molecular flexibility index (Phi) is 3.99. The number of nitrogens with zero attached hydrogens (tertiary/aromatic N) is 2. The largest absolute Gasteiger partial charge is 0.399 e. The van der Waals surface area contributed by atoms with Crippen LogP contribution in [0.3, 0.4) is 0 Å². The van der Waals surface area contributed by atoms with E-state index < -0.39 is 10.0 Å². The van der Waals surface area contributed by atoms with Crippen molar-refractivity contribution in [3.8, 4) is 0 Å². The number of hydrogen-bond acceptors (Lipinski definition) is 4. The lowest BCUT2D eigenvalue weighted by Gasteiger charge is -2.07. The van der Waals surface area contributed by atoms with Gasteiger partial charge >= 0.3 is 0 Å². The molecule has 0 amide bonds. The molecule has 1 heterocycles. The van der Waals surface area contributed by atoms with Gasteiger partial charge in [-0.15, -0.1) is 0 Å². The number of rotatable bonds is 5. The number of nitrogens with one attached hydrogen (secondary N) is 1. The molecule has 0 unspecified atom stereocenters. The van der Waals surface area contributed by atoms with Crippen LogP contribution in [0.1, 0.15) is 25.5 Å². The number of benzene rings is 1. The Morgan fingerprint density at radius 1 is 1.40 bits per heavy atom. The summed E-state index contributed by atoms with van der Waals surface area (Å²) < 4.78 is 28.3. The van der Waals surface area contributed by atoms with Crippen LogP contribution >= 0.6 is 0 Å². The molecule has 20 heavy (non-hydrogen) atoms. The van der Waals surface area contributed by atoms with Crippen LogP contribution in [0.15, 0.2) is 36.7 Å². The van der Waals surface area contributed by atoms with Crippen molar-refractivity contribution >= 4 is 21.4 Å². The van der Waals surface area contributed by atoms with E-state index in [4.69, 9.17) is 5.73 Å². The van der Waals surface area contributed by atoms with Crippen molar-refractivity contribution in [3.63, 3.8) is 0 Å². The third-order valence-electron chi connectivity index (χ3n) is 2.71. The highest BCUT2D eigenvalue weighted by atomic mass is 32.2. The topological polar surface area (TPSA) is 90.0 Å². The Labute approximate surface area is 118 Å². The van der Waals surface area contributed by atoms with Crippen LogP contribution in [-0.4, -0.2) is 18.2 Å². The normalized spacial score (nSPS) is 11.8. The van der Waals surface area contributed by atoms with Gasteiger partial charge < -0.3 is 5.73 Å². The summed E-state index contributed by atoms with van der Waals surface area (Å²) in [6.07, 6.45) is 3.17. The number of nitrogens with two attached hydrogens (primary N) is 1. The van der Waals surface area contributed by atoms with E-state index in [1.807, 2.05) is 13.8 Å². The van der Waals surface area contributed by atoms with Gasteiger partial charge in [0.1, 0.15) is 0 Å². The predicted molar refractivity (Wildman–Crippen MR) is 79.7 cm³/mol. The molecule has 7 heteroatoms. The maximum Gasteiger partial charge on any atom is 0.237 e. The molecule has 0 bridgehead atoms. The van der Waals surface area contributed by atoms with Crippen molar-refractivity contribution in [1.29, 1.82) is 0 Å². The van der Waals surface area contributed by atoms with Gasteiger partial charge in [-0.1, -0.05) is 12.1 Å². The summed E-state index contributed by atoms with van der Waals surface area (Å²) in [7, 11) is -3.48. The molecule has 0 atom stereocenters. The highest BCUT2D eigenvalue weighted by molar-refractivity contribution is 7.91. The Hall–Kier alpha value is -2.02. The van der Waals surface area contributed by atoms with Crippen molar-refractivity contribution in [2.75, 3.05) is 10.5 Å². The van der Waals surface area contributed by atoms with E-state index >= 15 is 0 Å². The molecule has 0 fully saturated rings. The van der Waals surface area contributed by atoms with Crippen LogP contribution < -0.4 is 10.5 Å². The average molecular weight is 294 g/mol. The van der Waals surface area contributed by atoms with Crippen molar-refractivity contribution < 1.29 is 8.42 Å². The third kappa shape index (κ3) is 3.74. The van der Waals surface area contributed by atoms with E-state index in [1.54, 1.807) is 35.1 Å². The number of nitrogen functional groups attached to an aromatic ring is 1. The highest BCUT2D eigenvalue weighted by Gasteiger charge is 2.13. The molecule has 0 aliphatic rings. The monoisotopic (exact) mass is 294 g/mol. The molecule has 0 saturated carbocycles. The van der Waals surface area contributed by atoms with Crippen molar-refractivity contribution in [2.45, 2.75) is 25.6 Å². The fraction of sp³-hybridized carbons (Fsp3) is 0.308. The lowest BCUT2D eigenvalue weighted by atomic mass is 10.2. The maximum absolute atomic E-state index is 12.1. The molecular formula is C13H18N4O2S. The first kappa shape index (κ1) is 14.4. The lowest BCUT2D eigenvalue weighted by molar-refractivity contribution is 0.532. The van der Waals surface area contributed by atoms with Gasteiger partial charge in [-0.2, -0.15) is 5.10 Å². The van der Waals surface area contributed by atoms with Crippen molar-refractivity contribution in [1.82, 2.24) is 9.78 Å². The van der Waals surface area contributed by atoms with E-state index in [1.165, 1.54) is 6.20 Å². The van der Waals surface area contributed by atoms with Crippen molar-refractivity contribution in [3.05, 3.63) is 42.2 Å². The van der Waals surface area contributed by atoms with Gasteiger partial charge in [0.2, 0.25) is 10.0 Å². The molecular weight excluding hydrogens is 276 g/mol. The number of hydrogen-bond donors (Lipinski definition) is 2. The first-order valence-electron chi connectivity index (χ1n) is 6.25. The van der Waals surface area contributed by atoms with Crippen molar-refractivity contribution in [2.24, 2.45) is 0 Å². The van der Waals surface area contributed by atoms with E-state index in [0.717, 1.165) is 0 Å². The second kappa shape index (κ2) is 5.54. The standard InChI is InChI=1S/C13H18N4O2S/c1-10(2)17-8-13(7-15-17)16-20(18,19)9-11-4-3-5-12(14)6-11/h3-8,10,16H,9,14H2,1-2H3. The fourth-order valence-corrected chi connectivity index (χ4v) is 2.95. The fourth-order valence-electron chi connectivity index (χ4n) is 1.79. The maximum atomic E-state index is 12.1. The average Bonchev–Trinajstić information content (AvgIpc) is 2.75. The summed E-state index contributed by atoms with van der Waals surface area (Å²) in [4.78, 5) is 0. The molecule has 0 spiro atoms. The van der Waals surface area contributed by atoms with E-state index in [-0.39, 0.29) is 11.8 Å². The second-order valence-electron chi connectivity index (χ2n) is 4.91. The highest BCUT2D eigenvalue weighted by Crippen LogP contribution is 2.15. The Morgan fingerprint density at radius 2 is 2.15 bits per heavy atom. The molecule has 2 rings (SSSR count). The molecule has 108 valence electrons. The first-order chi connectivity index (χ1) is 9.35. The van der Waals surface area contributed by atoms with Crippen LogP contribution in [0.25, 0.3) is 0 Å². The summed E-state index contributed by atoms with van der Waals surface area (Å²) in [5.41, 5.74) is 7.29. The number of aromatic nitrogens is 2. The minimum absolute atomic E-state index is 0.120. The number of anilines is 2. The van der Waals surface area contributed by atoms with Gasteiger partial charge in [0.25, 0.3) is 0 Å². The van der Waals surface area contributed by atoms with E-state index in [0.29, 0.717) is 16.9 Å². The first-order valence-corrected chi connectivity index (χ1v) is 7.90. The minimum Gasteiger partial charge on any atom is -0.399 e. The summed E-state index contributed by atoms with van der Waals surface area (Å²) in [5.74, 6) is -0.120. The molecule has 2 aromatic rings. The molecule has 0 aliphatic carbocycles. The zero-order valence-electron chi connectivity index (χ0n) is 11.4. The summed E-state index contributed by atoms with van der Waals surface area (Å²) >= 11 is 0. The van der Waals surface area contributed by atoms with Gasteiger partial charge in [0.05, 0.1) is 17.6 Å². The Balaban J connectivity index is 2.10. The van der Waals surface area contributed by atoms with Crippen LogP contribution in [0.2, 0.25) is 0 Å². The summed E-state index contributed by atoms with van der Waals surface area (Å²) in [6, 6.07) is 7.01. The quantitative estimate of drug-likeness (QED) is 0.825. The SMILES string of the molecule is CC(C)n1cc(NS(=O)(=O)Cc2cccc(N)c2)cn1. The zero-order valence-corrected chi connectivity index (χ0v) is 12.3. The van der Waals surface area contributed by atoms with Crippen LogP contribution in [0.4, 0.5) is 11.4 Å². The molecule has 1 aromatic carbocycles. The molecule has 0 aliphatic heterocycles. The second-order valence-corrected chi connectivity index (χ2v) is 6.63. The third-order valence-corrected chi connectivity index (χ3v) is 3.97. The van der Waals surface area contributed by atoms with Crippen LogP contribution in [0.5, 0.6) is 0 Å². The van der Waals surface area contributed by atoms with Crippen LogP contribution in [-0.2, 0) is 15.8 Å². The van der Waals surface area contributed by atoms with Gasteiger partial charge in [-0.25, -0.2) is 8.42 Å². The molecule has 0 saturated heterocycles.